The Morgan fingerprint density at radius 1 is 1.25 bits per heavy atom. The van der Waals surface area contributed by atoms with Gasteiger partial charge in [0.15, 0.2) is 0 Å². The normalized spacial score (nSPS) is 10.4. The number of halogens is 2. The lowest BCUT2D eigenvalue weighted by atomic mass is 10.3. The van der Waals surface area contributed by atoms with Crippen LogP contribution in [0.5, 0.6) is 0 Å². The van der Waals surface area contributed by atoms with Crippen LogP contribution < -0.4 is 16.6 Å². The number of rotatable bonds is 5. The average Bonchev–Trinajstić information content (AvgIpc) is 2.43. The van der Waals surface area contributed by atoms with E-state index in [1.807, 2.05) is 18.2 Å². The molecular formula is C13H15BrClN5. The number of hydrazine groups is 1. The van der Waals surface area contributed by atoms with Crippen LogP contribution in [-0.2, 0) is 6.42 Å². The minimum atomic E-state index is 0.567. The van der Waals surface area contributed by atoms with E-state index in [1.165, 1.54) is 0 Å². The fraction of sp³-hybridized carbons (Fsp3) is 0.231. The summed E-state index contributed by atoms with van der Waals surface area (Å²) in [6, 6.07) is 7.31. The third kappa shape index (κ3) is 3.82. The molecule has 2 rings (SSSR count). The van der Waals surface area contributed by atoms with E-state index in [2.05, 4.69) is 43.6 Å². The maximum Gasteiger partial charge on any atom is 0.145 e. The monoisotopic (exact) mass is 355 g/mol. The summed E-state index contributed by atoms with van der Waals surface area (Å²) in [5, 5.41) is 3.79. The van der Waals surface area contributed by atoms with E-state index in [9.17, 15) is 0 Å². The number of aromatic nitrogens is 2. The Bertz CT molecular complexity index is 605. The highest BCUT2D eigenvalue weighted by atomic mass is 79.9. The van der Waals surface area contributed by atoms with E-state index in [0.29, 0.717) is 16.7 Å². The maximum absolute atomic E-state index is 6.15. The van der Waals surface area contributed by atoms with Gasteiger partial charge >= 0.3 is 0 Å². The largest absolute Gasteiger partial charge is 0.339 e. The van der Waals surface area contributed by atoms with E-state index >= 15 is 0 Å². The molecule has 0 fully saturated rings. The standard InChI is InChI=1S/C13H15BrClN5/c1-2-3-11-18-12(7-13(19-11)20-16)17-10-6-8(14)4-5-9(10)15/h4-7H,2-3,16H2,1H3,(H2,17,18,19,20). The molecule has 1 heterocycles. The van der Waals surface area contributed by atoms with Gasteiger partial charge in [0.2, 0.25) is 0 Å². The molecule has 7 heteroatoms. The Hall–Kier alpha value is -1.37. The van der Waals surface area contributed by atoms with Crippen LogP contribution in [0.3, 0.4) is 0 Å². The van der Waals surface area contributed by atoms with Gasteiger partial charge in [-0.3, -0.25) is 0 Å². The summed E-state index contributed by atoms with van der Waals surface area (Å²) in [4.78, 5) is 8.74. The zero-order valence-corrected chi connectivity index (χ0v) is 13.3. The van der Waals surface area contributed by atoms with Crippen LogP contribution in [0.4, 0.5) is 17.3 Å². The van der Waals surface area contributed by atoms with Crippen LogP contribution in [0.25, 0.3) is 0 Å². The molecule has 0 spiro atoms. The van der Waals surface area contributed by atoms with Crippen molar-refractivity contribution in [2.45, 2.75) is 19.8 Å². The molecular weight excluding hydrogens is 342 g/mol. The van der Waals surface area contributed by atoms with Gasteiger partial charge in [-0.05, 0) is 24.6 Å². The second-order valence-corrected chi connectivity index (χ2v) is 5.52. The van der Waals surface area contributed by atoms with Crippen LogP contribution >= 0.6 is 27.5 Å². The summed E-state index contributed by atoms with van der Waals surface area (Å²) in [7, 11) is 0. The van der Waals surface area contributed by atoms with Crippen LogP contribution in [0.2, 0.25) is 5.02 Å². The predicted octanol–water partition coefficient (Wildman–Crippen LogP) is 3.87. The molecule has 0 amide bonds. The summed E-state index contributed by atoms with van der Waals surface area (Å²) in [5.41, 5.74) is 3.31. The van der Waals surface area contributed by atoms with Crippen molar-refractivity contribution in [3.63, 3.8) is 0 Å². The van der Waals surface area contributed by atoms with Crippen molar-refractivity contribution in [2.24, 2.45) is 5.84 Å². The van der Waals surface area contributed by atoms with Gasteiger partial charge in [0.05, 0.1) is 10.7 Å². The van der Waals surface area contributed by atoms with Gasteiger partial charge < -0.3 is 10.7 Å². The lowest BCUT2D eigenvalue weighted by Crippen LogP contribution is -2.11. The predicted molar refractivity (Wildman–Crippen MR) is 86.3 cm³/mol. The molecule has 5 nitrogen and oxygen atoms in total. The lowest BCUT2D eigenvalue weighted by molar-refractivity contribution is 0.837. The number of nitrogens with zero attached hydrogens (tertiary/aromatic N) is 2. The van der Waals surface area contributed by atoms with Gasteiger partial charge in [-0.2, -0.15) is 0 Å². The second kappa shape index (κ2) is 6.88. The number of hydrogen-bond donors (Lipinski definition) is 3. The highest BCUT2D eigenvalue weighted by molar-refractivity contribution is 9.10. The third-order valence-corrected chi connectivity index (χ3v) is 3.41. The minimum Gasteiger partial charge on any atom is -0.339 e. The van der Waals surface area contributed by atoms with Crippen molar-refractivity contribution in [1.29, 1.82) is 0 Å². The van der Waals surface area contributed by atoms with Gasteiger partial charge in [0.1, 0.15) is 17.5 Å². The van der Waals surface area contributed by atoms with Gasteiger partial charge in [-0.25, -0.2) is 15.8 Å². The molecule has 0 aliphatic carbocycles. The van der Waals surface area contributed by atoms with E-state index in [0.717, 1.165) is 28.8 Å². The Kier molecular flexibility index (Phi) is 5.17. The highest BCUT2D eigenvalue weighted by Gasteiger charge is 2.06. The quantitative estimate of drug-likeness (QED) is 0.560. The first-order valence-corrected chi connectivity index (χ1v) is 7.36. The Morgan fingerprint density at radius 2 is 2.00 bits per heavy atom. The summed E-state index contributed by atoms with van der Waals surface area (Å²) in [5.74, 6) is 7.38. The summed E-state index contributed by atoms with van der Waals surface area (Å²) in [6.45, 7) is 2.07. The third-order valence-electron chi connectivity index (χ3n) is 2.59. The van der Waals surface area contributed by atoms with Crippen LogP contribution in [-0.4, -0.2) is 9.97 Å². The van der Waals surface area contributed by atoms with Crippen molar-refractivity contribution in [2.75, 3.05) is 10.7 Å². The zero-order valence-electron chi connectivity index (χ0n) is 11.0. The molecule has 0 bridgehead atoms. The fourth-order valence-electron chi connectivity index (χ4n) is 1.70. The smallest absolute Gasteiger partial charge is 0.145 e. The molecule has 0 radical (unpaired) electrons. The van der Waals surface area contributed by atoms with E-state index < -0.39 is 0 Å². The molecule has 2 aromatic rings. The van der Waals surface area contributed by atoms with Crippen LogP contribution in [0.15, 0.2) is 28.7 Å². The van der Waals surface area contributed by atoms with Crippen molar-refractivity contribution in [3.05, 3.63) is 39.6 Å². The number of benzene rings is 1. The Balaban J connectivity index is 2.32. The lowest BCUT2D eigenvalue weighted by Gasteiger charge is -2.11. The van der Waals surface area contributed by atoms with E-state index in [1.54, 1.807) is 6.07 Å². The van der Waals surface area contributed by atoms with Crippen molar-refractivity contribution in [3.8, 4) is 0 Å². The Labute approximate surface area is 131 Å². The SMILES string of the molecule is CCCc1nc(NN)cc(Nc2cc(Br)ccc2Cl)n1. The number of nitrogens with two attached hydrogens (primary N) is 1. The van der Waals surface area contributed by atoms with Crippen molar-refractivity contribution >= 4 is 44.9 Å². The van der Waals surface area contributed by atoms with E-state index in [-0.39, 0.29) is 0 Å². The number of hydrogen-bond acceptors (Lipinski definition) is 5. The molecule has 0 aliphatic heterocycles. The molecule has 1 aromatic carbocycles. The maximum atomic E-state index is 6.15. The van der Waals surface area contributed by atoms with Gasteiger partial charge in [0.25, 0.3) is 0 Å². The zero-order chi connectivity index (χ0) is 14.5. The van der Waals surface area contributed by atoms with E-state index in [4.69, 9.17) is 17.4 Å². The highest BCUT2D eigenvalue weighted by Crippen LogP contribution is 2.28. The Morgan fingerprint density at radius 3 is 2.70 bits per heavy atom. The van der Waals surface area contributed by atoms with Crippen LogP contribution in [0, 0.1) is 0 Å². The second-order valence-electron chi connectivity index (χ2n) is 4.20. The number of aryl methyl sites for hydroxylation is 1. The van der Waals surface area contributed by atoms with Gasteiger partial charge in [-0.1, -0.05) is 34.5 Å². The molecule has 20 heavy (non-hydrogen) atoms. The summed E-state index contributed by atoms with van der Waals surface area (Å²) >= 11 is 9.57. The van der Waals surface area contributed by atoms with Gasteiger partial charge in [-0.15, -0.1) is 0 Å². The summed E-state index contributed by atoms with van der Waals surface area (Å²) in [6.07, 6.45) is 1.75. The average molecular weight is 357 g/mol. The fourth-order valence-corrected chi connectivity index (χ4v) is 2.23. The van der Waals surface area contributed by atoms with Crippen LogP contribution in [0.1, 0.15) is 19.2 Å². The van der Waals surface area contributed by atoms with Crippen molar-refractivity contribution in [1.82, 2.24) is 9.97 Å². The number of anilines is 3. The molecule has 4 N–H and O–H groups in total. The van der Waals surface area contributed by atoms with Crippen molar-refractivity contribution < 1.29 is 0 Å². The van der Waals surface area contributed by atoms with Gasteiger partial charge in [0, 0.05) is 17.0 Å². The molecule has 106 valence electrons. The summed E-state index contributed by atoms with van der Waals surface area (Å²) < 4.78 is 0.935. The first-order chi connectivity index (χ1) is 9.62. The molecule has 1 aromatic heterocycles. The molecule has 0 aliphatic rings. The minimum absolute atomic E-state index is 0.567. The number of nitrogens with one attached hydrogen (secondary N) is 2. The molecule has 0 atom stereocenters. The molecule has 0 saturated heterocycles. The first-order valence-electron chi connectivity index (χ1n) is 6.19. The number of nitrogen functional groups attached to an aromatic ring is 1. The molecule has 0 saturated carbocycles. The topological polar surface area (TPSA) is 75.9 Å². The molecule has 0 unspecified atom stereocenters. The first kappa shape index (κ1) is 15.0.